The molecule has 144 valence electrons. The second-order valence-corrected chi connectivity index (χ2v) is 9.61. The number of hydrogen-bond acceptors (Lipinski definition) is 3. The van der Waals surface area contributed by atoms with Crippen molar-refractivity contribution in [2.24, 2.45) is 0 Å². The van der Waals surface area contributed by atoms with E-state index in [1.165, 1.54) is 0 Å². The highest BCUT2D eigenvalue weighted by Gasteiger charge is 2.28. The molecule has 0 spiro atoms. The monoisotopic (exact) mass is 456 g/mol. The van der Waals surface area contributed by atoms with Crippen molar-refractivity contribution in [3.63, 3.8) is 0 Å². The maximum atomic E-state index is 13.0. The maximum absolute atomic E-state index is 13.0. The molecule has 1 fully saturated rings. The molecule has 6 heteroatoms. The fraction of sp³-hybridized carbons (Fsp3) is 0.182. The maximum Gasteiger partial charge on any atom is 0.243 e. The van der Waals surface area contributed by atoms with Gasteiger partial charge in [0.05, 0.1) is 4.90 Å². The normalized spacial score (nSPS) is 15.5. The fourth-order valence-electron chi connectivity index (χ4n) is 3.44. The zero-order valence-electron chi connectivity index (χ0n) is 15.3. The predicted molar refractivity (Wildman–Crippen MR) is 117 cm³/mol. The number of halogens is 1. The van der Waals surface area contributed by atoms with Gasteiger partial charge < -0.3 is 4.90 Å². The molecular weight excluding hydrogens is 436 g/mol. The van der Waals surface area contributed by atoms with Crippen LogP contribution in [0, 0.1) is 0 Å². The smallest absolute Gasteiger partial charge is 0.243 e. The van der Waals surface area contributed by atoms with Crippen LogP contribution in [0.25, 0.3) is 11.1 Å². The van der Waals surface area contributed by atoms with Gasteiger partial charge in [0.15, 0.2) is 0 Å². The molecule has 0 unspecified atom stereocenters. The highest BCUT2D eigenvalue weighted by Crippen LogP contribution is 2.25. The van der Waals surface area contributed by atoms with E-state index in [1.807, 2.05) is 54.6 Å². The third-order valence-corrected chi connectivity index (χ3v) is 7.47. The standard InChI is InChI=1S/C22H21BrN2O2S/c23-20-8-10-21(11-9-20)24-14-16-25(17-15-24)28(26,27)22-12-6-19(7-13-22)18-4-2-1-3-5-18/h1-13H,14-17H2. The van der Waals surface area contributed by atoms with E-state index < -0.39 is 10.0 Å². The third kappa shape index (κ3) is 3.99. The summed E-state index contributed by atoms with van der Waals surface area (Å²) in [6.07, 6.45) is 0. The van der Waals surface area contributed by atoms with Gasteiger partial charge in [-0.3, -0.25) is 0 Å². The second kappa shape index (κ2) is 8.07. The van der Waals surface area contributed by atoms with E-state index in [-0.39, 0.29) is 0 Å². The molecule has 0 amide bonds. The van der Waals surface area contributed by atoms with Crippen LogP contribution in [-0.4, -0.2) is 38.9 Å². The summed E-state index contributed by atoms with van der Waals surface area (Å²) in [5, 5.41) is 0. The van der Waals surface area contributed by atoms with Crippen LogP contribution in [0.5, 0.6) is 0 Å². The van der Waals surface area contributed by atoms with Crippen molar-refractivity contribution < 1.29 is 8.42 Å². The lowest BCUT2D eigenvalue weighted by molar-refractivity contribution is 0.385. The Labute approximate surface area is 174 Å². The highest BCUT2D eigenvalue weighted by atomic mass is 79.9. The molecule has 1 aliphatic rings. The van der Waals surface area contributed by atoms with Crippen LogP contribution in [0.1, 0.15) is 0 Å². The van der Waals surface area contributed by atoms with Crippen LogP contribution in [0.2, 0.25) is 0 Å². The first kappa shape index (κ1) is 19.2. The van der Waals surface area contributed by atoms with Gasteiger partial charge in [-0.25, -0.2) is 8.42 Å². The van der Waals surface area contributed by atoms with Crippen molar-refractivity contribution in [2.75, 3.05) is 31.1 Å². The number of nitrogens with zero attached hydrogens (tertiary/aromatic N) is 2. The summed E-state index contributed by atoms with van der Waals surface area (Å²) in [6.45, 7) is 2.34. The lowest BCUT2D eigenvalue weighted by Crippen LogP contribution is -2.48. The molecule has 0 bridgehead atoms. The van der Waals surface area contributed by atoms with Crippen molar-refractivity contribution in [1.29, 1.82) is 0 Å². The van der Waals surface area contributed by atoms with Gasteiger partial charge >= 0.3 is 0 Å². The van der Waals surface area contributed by atoms with Crippen molar-refractivity contribution in [3.05, 3.63) is 83.3 Å². The Kier molecular flexibility index (Phi) is 5.53. The molecule has 0 atom stereocenters. The van der Waals surface area contributed by atoms with Crippen LogP contribution in [0.3, 0.4) is 0 Å². The van der Waals surface area contributed by atoms with E-state index >= 15 is 0 Å². The molecule has 28 heavy (non-hydrogen) atoms. The van der Waals surface area contributed by atoms with Crippen LogP contribution < -0.4 is 4.90 Å². The molecule has 3 aromatic carbocycles. The van der Waals surface area contributed by atoms with Gasteiger partial charge in [0.1, 0.15) is 0 Å². The largest absolute Gasteiger partial charge is 0.369 e. The molecule has 0 aliphatic carbocycles. The molecule has 1 saturated heterocycles. The van der Waals surface area contributed by atoms with Crippen molar-refractivity contribution in [3.8, 4) is 11.1 Å². The van der Waals surface area contributed by atoms with E-state index in [4.69, 9.17) is 0 Å². The van der Waals surface area contributed by atoms with Gasteiger partial charge in [0.2, 0.25) is 10.0 Å². The highest BCUT2D eigenvalue weighted by molar-refractivity contribution is 9.10. The van der Waals surface area contributed by atoms with E-state index in [0.717, 1.165) is 21.3 Å². The van der Waals surface area contributed by atoms with E-state index in [2.05, 4.69) is 33.0 Å². The van der Waals surface area contributed by atoms with Gasteiger partial charge in [-0.05, 0) is 47.5 Å². The van der Waals surface area contributed by atoms with Crippen molar-refractivity contribution in [1.82, 2.24) is 4.31 Å². The Morgan fingerprint density at radius 2 is 1.25 bits per heavy atom. The number of hydrogen-bond donors (Lipinski definition) is 0. The summed E-state index contributed by atoms with van der Waals surface area (Å²) in [5.41, 5.74) is 3.21. The van der Waals surface area contributed by atoms with Gasteiger partial charge in [0, 0.05) is 36.3 Å². The zero-order chi connectivity index (χ0) is 19.6. The number of piperazine rings is 1. The Morgan fingerprint density at radius 3 is 1.86 bits per heavy atom. The molecule has 1 heterocycles. The Balaban J connectivity index is 1.46. The molecule has 4 nitrogen and oxygen atoms in total. The first-order valence-electron chi connectivity index (χ1n) is 9.20. The Hall–Kier alpha value is -2.15. The minimum absolute atomic E-state index is 0.351. The summed E-state index contributed by atoms with van der Waals surface area (Å²) in [6, 6.07) is 25.2. The number of benzene rings is 3. The average Bonchev–Trinajstić information content (AvgIpc) is 2.75. The lowest BCUT2D eigenvalue weighted by Gasteiger charge is -2.35. The van der Waals surface area contributed by atoms with E-state index in [0.29, 0.717) is 31.1 Å². The van der Waals surface area contributed by atoms with Crippen molar-refractivity contribution in [2.45, 2.75) is 4.90 Å². The SMILES string of the molecule is O=S(=O)(c1ccc(-c2ccccc2)cc1)N1CCN(c2ccc(Br)cc2)CC1. The van der Waals surface area contributed by atoms with Gasteiger partial charge in [0.25, 0.3) is 0 Å². The lowest BCUT2D eigenvalue weighted by atomic mass is 10.1. The molecule has 0 aromatic heterocycles. The Morgan fingerprint density at radius 1 is 0.679 bits per heavy atom. The third-order valence-electron chi connectivity index (χ3n) is 5.03. The molecule has 1 aliphatic heterocycles. The van der Waals surface area contributed by atoms with Gasteiger partial charge in [-0.2, -0.15) is 4.31 Å². The number of anilines is 1. The molecule has 4 rings (SSSR count). The van der Waals surface area contributed by atoms with Crippen LogP contribution in [0.15, 0.2) is 88.2 Å². The zero-order valence-corrected chi connectivity index (χ0v) is 17.7. The Bertz CT molecular complexity index is 1030. The number of sulfonamides is 1. The van der Waals surface area contributed by atoms with E-state index in [1.54, 1.807) is 16.4 Å². The summed E-state index contributed by atoms with van der Waals surface area (Å²) < 4.78 is 28.7. The van der Waals surface area contributed by atoms with Crippen molar-refractivity contribution >= 4 is 31.6 Å². The summed E-state index contributed by atoms with van der Waals surface area (Å²) >= 11 is 3.44. The molecule has 0 N–H and O–H groups in total. The molecule has 3 aromatic rings. The number of rotatable bonds is 4. The fourth-order valence-corrected chi connectivity index (χ4v) is 5.12. The summed E-state index contributed by atoms with van der Waals surface area (Å²) in [4.78, 5) is 2.57. The summed E-state index contributed by atoms with van der Waals surface area (Å²) in [7, 11) is -3.47. The van der Waals surface area contributed by atoms with Gasteiger partial charge in [-0.1, -0.05) is 58.4 Å². The molecular formula is C22H21BrN2O2S. The van der Waals surface area contributed by atoms with Gasteiger partial charge in [-0.15, -0.1) is 0 Å². The molecule has 0 radical (unpaired) electrons. The van der Waals surface area contributed by atoms with Crippen LogP contribution in [0.4, 0.5) is 5.69 Å². The van der Waals surface area contributed by atoms with Crippen LogP contribution in [-0.2, 0) is 10.0 Å². The first-order valence-corrected chi connectivity index (χ1v) is 11.4. The summed E-state index contributed by atoms with van der Waals surface area (Å²) in [5.74, 6) is 0. The second-order valence-electron chi connectivity index (χ2n) is 6.76. The van der Waals surface area contributed by atoms with E-state index in [9.17, 15) is 8.42 Å². The average molecular weight is 457 g/mol. The van der Waals surface area contributed by atoms with Crippen LogP contribution >= 0.6 is 15.9 Å². The molecule has 0 saturated carbocycles. The first-order chi connectivity index (χ1) is 13.5. The predicted octanol–water partition coefficient (Wildman–Crippen LogP) is 4.63. The minimum atomic E-state index is -3.47. The topological polar surface area (TPSA) is 40.6 Å². The quantitative estimate of drug-likeness (QED) is 0.574. The minimum Gasteiger partial charge on any atom is -0.369 e.